The number of rotatable bonds is 4. The number of hydrogen-bond acceptors (Lipinski definition) is 5. The Bertz CT molecular complexity index is 377. The summed E-state index contributed by atoms with van der Waals surface area (Å²) in [5, 5.41) is 3.07. The molecule has 0 unspecified atom stereocenters. The summed E-state index contributed by atoms with van der Waals surface area (Å²) in [5.41, 5.74) is 1.03. The van der Waals surface area contributed by atoms with Gasteiger partial charge in [-0.15, -0.1) is 0 Å². The van der Waals surface area contributed by atoms with Crippen molar-refractivity contribution < 1.29 is 9.53 Å². The average molecular weight is 223 g/mol. The highest BCUT2D eigenvalue weighted by molar-refractivity contribution is 5.90. The third-order valence-electron chi connectivity index (χ3n) is 1.89. The van der Waals surface area contributed by atoms with Gasteiger partial charge in [-0.1, -0.05) is 0 Å². The normalized spacial score (nSPS) is 10.3. The molecule has 1 aromatic heterocycles. The van der Waals surface area contributed by atoms with Crippen LogP contribution in [0, 0.1) is 6.92 Å². The lowest BCUT2D eigenvalue weighted by atomic mass is 10.2. The predicted octanol–water partition coefficient (Wildman–Crippen LogP) is 1.78. The molecule has 16 heavy (non-hydrogen) atoms. The van der Waals surface area contributed by atoms with Gasteiger partial charge in [0.25, 0.3) is 0 Å². The molecular formula is C11H17N3O2. The summed E-state index contributed by atoms with van der Waals surface area (Å²) in [6.45, 7) is 7.88. The van der Waals surface area contributed by atoms with Crippen molar-refractivity contribution in [3.63, 3.8) is 0 Å². The van der Waals surface area contributed by atoms with E-state index in [0.717, 1.165) is 0 Å². The number of nitrogens with zero attached hydrogens (tertiary/aromatic N) is 2. The van der Waals surface area contributed by atoms with Gasteiger partial charge < -0.3 is 10.1 Å². The Morgan fingerprint density at radius 1 is 1.56 bits per heavy atom. The number of hydrogen-bond donors (Lipinski definition) is 1. The van der Waals surface area contributed by atoms with Crippen molar-refractivity contribution in [1.82, 2.24) is 9.97 Å². The van der Waals surface area contributed by atoms with Gasteiger partial charge in [-0.2, -0.15) is 0 Å². The second-order valence-electron chi connectivity index (χ2n) is 3.71. The van der Waals surface area contributed by atoms with E-state index in [1.807, 2.05) is 13.8 Å². The first kappa shape index (κ1) is 12.4. The molecule has 1 aromatic rings. The molecule has 88 valence electrons. The lowest BCUT2D eigenvalue weighted by Gasteiger charge is -2.10. The van der Waals surface area contributed by atoms with Crippen LogP contribution in [0.15, 0.2) is 6.20 Å². The van der Waals surface area contributed by atoms with E-state index in [-0.39, 0.29) is 12.0 Å². The van der Waals surface area contributed by atoms with E-state index in [0.29, 0.717) is 23.8 Å². The van der Waals surface area contributed by atoms with E-state index >= 15 is 0 Å². The molecule has 1 rings (SSSR count). The summed E-state index contributed by atoms with van der Waals surface area (Å²) in [4.78, 5) is 19.7. The van der Waals surface area contributed by atoms with Crippen molar-refractivity contribution in [2.75, 3.05) is 11.9 Å². The Balaban J connectivity index is 2.87. The molecule has 0 saturated heterocycles. The molecule has 0 bridgehead atoms. The smallest absolute Gasteiger partial charge is 0.341 e. The van der Waals surface area contributed by atoms with Crippen LogP contribution in [0.5, 0.6) is 0 Å². The maximum absolute atomic E-state index is 11.5. The second-order valence-corrected chi connectivity index (χ2v) is 3.71. The van der Waals surface area contributed by atoms with E-state index in [1.165, 1.54) is 6.20 Å². The first-order chi connectivity index (χ1) is 7.54. The third-order valence-corrected chi connectivity index (χ3v) is 1.89. The van der Waals surface area contributed by atoms with Crippen molar-refractivity contribution in [2.24, 2.45) is 0 Å². The summed E-state index contributed by atoms with van der Waals surface area (Å²) in [6.07, 6.45) is 1.49. The second kappa shape index (κ2) is 5.44. The number of esters is 1. The van der Waals surface area contributed by atoms with Crippen molar-refractivity contribution in [2.45, 2.75) is 33.7 Å². The topological polar surface area (TPSA) is 64.1 Å². The minimum absolute atomic E-state index is 0.257. The van der Waals surface area contributed by atoms with Gasteiger partial charge in [-0.05, 0) is 27.7 Å². The minimum Gasteiger partial charge on any atom is -0.462 e. The Morgan fingerprint density at radius 3 is 2.75 bits per heavy atom. The molecule has 0 saturated carbocycles. The van der Waals surface area contributed by atoms with Gasteiger partial charge in [-0.3, -0.25) is 0 Å². The van der Waals surface area contributed by atoms with Gasteiger partial charge in [-0.25, -0.2) is 14.8 Å². The fourth-order valence-electron chi connectivity index (χ4n) is 1.20. The molecule has 0 atom stereocenters. The van der Waals surface area contributed by atoms with E-state index in [9.17, 15) is 4.79 Å². The standard InChI is InChI=1S/C11H17N3O2/c1-5-16-10(15)9-6-12-11(13-7(2)3)14-8(9)4/h6-7H,5H2,1-4H3,(H,12,13,14). The molecule has 1 N–H and O–H groups in total. The summed E-state index contributed by atoms with van der Waals surface area (Å²) in [7, 11) is 0. The number of nitrogens with one attached hydrogen (secondary N) is 1. The average Bonchev–Trinajstić information content (AvgIpc) is 2.16. The number of carbonyl (C=O) groups is 1. The Labute approximate surface area is 95.3 Å². The van der Waals surface area contributed by atoms with Crippen LogP contribution in [0.25, 0.3) is 0 Å². The van der Waals surface area contributed by atoms with E-state index in [2.05, 4.69) is 15.3 Å². The van der Waals surface area contributed by atoms with Crippen LogP contribution in [0.4, 0.5) is 5.95 Å². The molecule has 5 nitrogen and oxygen atoms in total. The zero-order valence-corrected chi connectivity index (χ0v) is 10.1. The Kier molecular flexibility index (Phi) is 4.22. The predicted molar refractivity (Wildman–Crippen MR) is 61.5 cm³/mol. The molecule has 0 fully saturated rings. The zero-order chi connectivity index (χ0) is 12.1. The van der Waals surface area contributed by atoms with Crippen molar-refractivity contribution in [3.05, 3.63) is 17.5 Å². The summed E-state index contributed by atoms with van der Waals surface area (Å²) >= 11 is 0. The van der Waals surface area contributed by atoms with Crippen LogP contribution in [-0.2, 0) is 4.74 Å². The van der Waals surface area contributed by atoms with Crippen LogP contribution < -0.4 is 5.32 Å². The zero-order valence-electron chi connectivity index (χ0n) is 10.1. The maximum atomic E-state index is 11.5. The lowest BCUT2D eigenvalue weighted by molar-refractivity contribution is 0.0524. The molecule has 0 aromatic carbocycles. The van der Waals surface area contributed by atoms with Crippen LogP contribution in [0.3, 0.4) is 0 Å². The number of anilines is 1. The van der Waals surface area contributed by atoms with E-state index < -0.39 is 0 Å². The van der Waals surface area contributed by atoms with Crippen LogP contribution >= 0.6 is 0 Å². The summed E-state index contributed by atoms with van der Waals surface area (Å²) in [5.74, 6) is 0.150. The SMILES string of the molecule is CCOC(=O)c1cnc(NC(C)C)nc1C. The van der Waals surface area contributed by atoms with Crippen LogP contribution in [0.2, 0.25) is 0 Å². The number of carbonyl (C=O) groups excluding carboxylic acids is 1. The van der Waals surface area contributed by atoms with Crippen molar-refractivity contribution in [1.29, 1.82) is 0 Å². The molecule has 0 spiro atoms. The highest BCUT2D eigenvalue weighted by Crippen LogP contribution is 2.09. The molecular weight excluding hydrogens is 206 g/mol. The van der Waals surface area contributed by atoms with Gasteiger partial charge in [0, 0.05) is 12.2 Å². The Morgan fingerprint density at radius 2 is 2.25 bits per heavy atom. The van der Waals surface area contributed by atoms with Crippen molar-refractivity contribution in [3.8, 4) is 0 Å². The number of aryl methyl sites for hydroxylation is 1. The van der Waals surface area contributed by atoms with Gasteiger partial charge in [0.2, 0.25) is 5.95 Å². The molecule has 0 amide bonds. The fraction of sp³-hybridized carbons (Fsp3) is 0.545. The molecule has 0 radical (unpaired) electrons. The molecule has 0 aliphatic carbocycles. The summed E-state index contributed by atoms with van der Waals surface area (Å²) < 4.78 is 4.89. The third kappa shape index (κ3) is 3.18. The lowest BCUT2D eigenvalue weighted by Crippen LogP contribution is -2.15. The fourth-order valence-corrected chi connectivity index (χ4v) is 1.20. The van der Waals surface area contributed by atoms with Crippen LogP contribution in [0.1, 0.15) is 36.8 Å². The van der Waals surface area contributed by atoms with Gasteiger partial charge >= 0.3 is 5.97 Å². The van der Waals surface area contributed by atoms with Gasteiger partial charge in [0.1, 0.15) is 0 Å². The van der Waals surface area contributed by atoms with E-state index in [1.54, 1.807) is 13.8 Å². The first-order valence-electron chi connectivity index (χ1n) is 5.32. The minimum atomic E-state index is -0.379. The van der Waals surface area contributed by atoms with Gasteiger partial charge in [0.15, 0.2) is 0 Å². The van der Waals surface area contributed by atoms with Gasteiger partial charge in [0.05, 0.1) is 17.9 Å². The maximum Gasteiger partial charge on any atom is 0.341 e. The molecule has 5 heteroatoms. The quantitative estimate of drug-likeness (QED) is 0.788. The van der Waals surface area contributed by atoms with Crippen LogP contribution in [-0.4, -0.2) is 28.6 Å². The largest absolute Gasteiger partial charge is 0.462 e. The highest BCUT2D eigenvalue weighted by atomic mass is 16.5. The van der Waals surface area contributed by atoms with E-state index in [4.69, 9.17) is 4.74 Å². The molecule has 0 aliphatic rings. The first-order valence-corrected chi connectivity index (χ1v) is 5.32. The summed E-state index contributed by atoms with van der Waals surface area (Å²) in [6, 6.07) is 0.257. The number of aromatic nitrogens is 2. The number of ether oxygens (including phenoxy) is 1. The monoisotopic (exact) mass is 223 g/mol. The Hall–Kier alpha value is -1.65. The molecule has 1 heterocycles. The van der Waals surface area contributed by atoms with Crippen molar-refractivity contribution >= 4 is 11.9 Å². The highest BCUT2D eigenvalue weighted by Gasteiger charge is 2.12. The molecule has 0 aliphatic heterocycles.